The normalized spacial score (nSPS) is 17.9. The second kappa shape index (κ2) is 33.1. The standard InChI is InChI=1S/C41H77O10P/c1-3-5-7-9-11-12-13-14-15-16-17-21-25-29-40(44)48-34-39(35-50-52(46,47)49-33-38(43)32-42)51-41(45)30-26-22-18-20-24-28-37-31-36(37)27-23-19-10-8-6-4-2/h12-13,36-39,42-43H,3-11,14-35H2,1-2H3,(H,46,47)/b13-12-. The number of esters is 2. The molecule has 0 saturated heterocycles. The van der Waals surface area contributed by atoms with Crippen molar-refractivity contribution < 1.29 is 47.8 Å². The first-order chi connectivity index (χ1) is 25.2. The van der Waals surface area contributed by atoms with Crippen molar-refractivity contribution >= 4 is 19.8 Å². The van der Waals surface area contributed by atoms with Gasteiger partial charge >= 0.3 is 19.8 Å². The molecule has 306 valence electrons. The number of carbonyl (C=O) groups excluding carboxylic acids is 2. The molecule has 1 aliphatic rings. The summed E-state index contributed by atoms with van der Waals surface area (Å²) in [5.41, 5.74) is 0. The van der Waals surface area contributed by atoms with E-state index in [0.717, 1.165) is 69.6 Å². The molecule has 0 aromatic rings. The number of aliphatic hydroxyl groups excluding tert-OH is 2. The van der Waals surface area contributed by atoms with Gasteiger partial charge in [-0.2, -0.15) is 0 Å². The molecule has 0 amide bonds. The summed E-state index contributed by atoms with van der Waals surface area (Å²) in [6.07, 6.45) is 32.2. The fraction of sp³-hybridized carbons (Fsp3) is 0.902. The Morgan fingerprint density at radius 2 is 1.12 bits per heavy atom. The van der Waals surface area contributed by atoms with E-state index in [1.807, 2.05) is 0 Å². The van der Waals surface area contributed by atoms with Crippen molar-refractivity contribution in [2.45, 2.75) is 199 Å². The topological polar surface area (TPSA) is 149 Å². The first-order valence-electron chi connectivity index (χ1n) is 21.1. The van der Waals surface area contributed by atoms with Gasteiger partial charge in [0.05, 0.1) is 19.8 Å². The summed E-state index contributed by atoms with van der Waals surface area (Å²) in [5, 5.41) is 18.3. The Balaban J connectivity index is 2.27. The maximum Gasteiger partial charge on any atom is 0.472 e. The number of unbranched alkanes of at least 4 members (excludes halogenated alkanes) is 18. The van der Waals surface area contributed by atoms with Gasteiger partial charge in [0.15, 0.2) is 6.10 Å². The van der Waals surface area contributed by atoms with Crippen LogP contribution in [0.3, 0.4) is 0 Å². The predicted octanol–water partition coefficient (Wildman–Crippen LogP) is 10.3. The van der Waals surface area contributed by atoms with Crippen LogP contribution in [-0.2, 0) is 32.7 Å². The van der Waals surface area contributed by atoms with Crippen LogP contribution >= 0.6 is 7.82 Å². The fourth-order valence-corrected chi connectivity index (χ4v) is 7.25. The zero-order valence-corrected chi connectivity index (χ0v) is 33.9. The second-order valence-electron chi connectivity index (χ2n) is 14.9. The average molecular weight is 761 g/mol. The Hall–Kier alpha value is -1.29. The lowest BCUT2D eigenvalue weighted by atomic mass is 10.0. The van der Waals surface area contributed by atoms with Gasteiger partial charge in [-0.25, -0.2) is 4.57 Å². The summed E-state index contributed by atoms with van der Waals surface area (Å²) in [4.78, 5) is 35.0. The van der Waals surface area contributed by atoms with Gasteiger partial charge in [0.1, 0.15) is 12.7 Å². The lowest BCUT2D eigenvalue weighted by molar-refractivity contribution is -0.161. The maximum absolute atomic E-state index is 12.6. The number of hydrogen-bond donors (Lipinski definition) is 3. The molecule has 0 radical (unpaired) electrons. The Morgan fingerprint density at radius 3 is 1.67 bits per heavy atom. The van der Waals surface area contributed by atoms with Crippen LogP contribution in [0.25, 0.3) is 0 Å². The molecule has 0 spiro atoms. The quantitative estimate of drug-likeness (QED) is 0.0240. The molecule has 11 heteroatoms. The maximum atomic E-state index is 12.6. The number of phosphoric acid groups is 1. The molecular weight excluding hydrogens is 683 g/mol. The summed E-state index contributed by atoms with van der Waals surface area (Å²) in [6, 6.07) is 0. The number of carbonyl (C=O) groups is 2. The highest BCUT2D eigenvalue weighted by atomic mass is 31.2. The Kier molecular flexibility index (Phi) is 31.0. The van der Waals surface area contributed by atoms with E-state index in [-0.39, 0.29) is 19.4 Å². The van der Waals surface area contributed by atoms with E-state index in [2.05, 4.69) is 26.0 Å². The van der Waals surface area contributed by atoms with E-state index in [0.29, 0.717) is 12.8 Å². The van der Waals surface area contributed by atoms with E-state index in [1.165, 1.54) is 89.9 Å². The van der Waals surface area contributed by atoms with E-state index in [9.17, 15) is 24.2 Å². The van der Waals surface area contributed by atoms with Crippen LogP contribution in [-0.4, -0.2) is 65.7 Å². The molecule has 0 aliphatic heterocycles. The van der Waals surface area contributed by atoms with E-state index >= 15 is 0 Å². The van der Waals surface area contributed by atoms with Crippen LogP contribution < -0.4 is 0 Å². The van der Waals surface area contributed by atoms with Gasteiger partial charge in [0.25, 0.3) is 0 Å². The minimum atomic E-state index is -4.61. The summed E-state index contributed by atoms with van der Waals surface area (Å²) in [7, 11) is -4.61. The molecule has 0 aromatic carbocycles. The lowest BCUT2D eigenvalue weighted by Gasteiger charge is -2.20. The van der Waals surface area contributed by atoms with Crippen molar-refractivity contribution in [3.63, 3.8) is 0 Å². The molecule has 10 nitrogen and oxygen atoms in total. The van der Waals surface area contributed by atoms with Gasteiger partial charge in [-0.15, -0.1) is 0 Å². The fourth-order valence-electron chi connectivity index (χ4n) is 6.46. The molecule has 1 aliphatic carbocycles. The number of phosphoric ester groups is 1. The summed E-state index contributed by atoms with van der Waals surface area (Å²) < 4.78 is 32.7. The zero-order chi connectivity index (χ0) is 38.1. The minimum absolute atomic E-state index is 0.193. The van der Waals surface area contributed by atoms with Gasteiger partial charge in [-0.3, -0.25) is 18.6 Å². The number of hydrogen-bond acceptors (Lipinski definition) is 9. The number of allylic oxidation sites excluding steroid dienone is 2. The third kappa shape index (κ3) is 30.1. The van der Waals surface area contributed by atoms with Gasteiger partial charge in [0, 0.05) is 12.8 Å². The van der Waals surface area contributed by atoms with Gasteiger partial charge < -0.3 is 24.6 Å². The van der Waals surface area contributed by atoms with Crippen LogP contribution in [0.1, 0.15) is 187 Å². The van der Waals surface area contributed by atoms with Crippen molar-refractivity contribution in [3.8, 4) is 0 Å². The van der Waals surface area contributed by atoms with Crippen molar-refractivity contribution in [1.29, 1.82) is 0 Å². The molecule has 1 rings (SSSR count). The lowest BCUT2D eigenvalue weighted by Crippen LogP contribution is -2.29. The SMILES string of the molecule is CCCCCC/C=C\CCCCCCCC(=O)OCC(COP(=O)(O)OCC(O)CO)OC(=O)CCCCCCCC1CC1CCCCCCCC. The van der Waals surface area contributed by atoms with Gasteiger partial charge in [0.2, 0.25) is 0 Å². The van der Waals surface area contributed by atoms with E-state index < -0.39 is 51.8 Å². The molecule has 5 atom stereocenters. The largest absolute Gasteiger partial charge is 0.472 e. The summed E-state index contributed by atoms with van der Waals surface area (Å²) in [5.74, 6) is 0.954. The monoisotopic (exact) mass is 761 g/mol. The highest BCUT2D eigenvalue weighted by molar-refractivity contribution is 7.47. The first kappa shape index (κ1) is 48.7. The van der Waals surface area contributed by atoms with Crippen LogP contribution in [0.2, 0.25) is 0 Å². The molecule has 0 bridgehead atoms. The highest BCUT2D eigenvalue weighted by Crippen LogP contribution is 2.46. The van der Waals surface area contributed by atoms with Crippen LogP contribution in [0, 0.1) is 11.8 Å². The molecule has 52 heavy (non-hydrogen) atoms. The molecule has 1 fully saturated rings. The van der Waals surface area contributed by atoms with E-state index in [4.69, 9.17) is 23.6 Å². The smallest absolute Gasteiger partial charge is 0.462 e. The Morgan fingerprint density at radius 1 is 0.654 bits per heavy atom. The second-order valence-corrected chi connectivity index (χ2v) is 16.4. The number of ether oxygens (including phenoxy) is 2. The predicted molar refractivity (Wildman–Crippen MR) is 208 cm³/mol. The average Bonchev–Trinajstić information content (AvgIpc) is 3.89. The third-order valence-corrected chi connectivity index (χ3v) is 10.8. The molecular formula is C41H77O10P. The molecule has 5 unspecified atom stereocenters. The summed E-state index contributed by atoms with van der Waals surface area (Å²) in [6.45, 7) is 2.38. The first-order valence-corrected chi connectivity index (χ1v) is 22.6. The number of aliphatic hydroxyl groups is 2. The van der Waals surface area contributed by atoms with Crippen molar-refractivity contribution in [1.82, 2.24) is 0 Å². The van der Waals surface area contributed by atoms with Gasteiger partial charge in [-0.1, -0.05) is 142 Å². The molecule has 0 heterocycles. The Bertz CT molecular complexity index is 945. The van der Waals surface area contributed by atoms with Crippen LogP contribution in [0.15, 0.2) is 12.2 Å². The Labute approximate surface area is 316 Å². The summed E-state index contributed by atoms with van der Waals surface area (Å²) >= 11 is 0. The molecule has 1 saturated carbocycles. The van der Waals surface area contributed by atoms with Crippen molar-refractivity contribution in [2.24, 2.45) is 11.8 Å². The third-order valence-electron chi connectivity index (χ3n) is 9.89. The van der Waals surface area contributed by atoms with Gasteiger partial charge in [-0.05, 0) is 56.8 Å². The molecule has 3 N–H and O–H groups in total. The van der Waals surface area contributed by atoms with Crippen molar-refractivity contribution in [2.75, 3.05) is 26.4 Å². The number of rotatable bonds is 38. The molecule has 0 aromatic heterocycles. The van der Waals surface area contributed by atoms with E-state index in [1.54, 1.807) is 0 Å². The van der Waals surface area contributed by atoms with Crippen LogP contribution in [0.4, 0.5) is 0 Å². The zero-order valence-electron chi connectivity index (χ0n) is 33.0. The highest BCUT2D eigenvalue weighted by Gasteiger charge is 2.35. The van der Waals surface area contributed by atoms with Crippen molar-refractivity contribution in [3.05, 3.63) is 12.2 Å². The van der Waals surface area contributed by atoms with Crippen LogP contribution in [0.5, 0.6) is 0 Å². The minimum Gasteiger partial charge on any atom is -0.462 e.